The van der Waals surface area contributed by atoms with Crippen molar-refractivity contribution in [2.24, 2.45) is 0 Å². The fourth-order valence-corrected chi connectivity index (χ4v) is 4.07. The number of ether oxygens (including phenoxy) is 3. The molecule has 2 aromatic rings. The summed E-state index contributed by atoms with van der Waals surface area (Å²) in [5.41, 5.74) is 10.4. The van der Waals surface area contributed by atoms with Crippen LogP contribution < -0.4 is 11.1 Å². The third kappa shape index (κ3) is 6.26. The number of nitrogens with two attached hydrogens (primary N) is 1. The van der Waals surface area contributed by atoms with Crippen LogP contribution in [0.3, 0.4) is 0 Å². The van der Waals surface area contributed by atoms with Gasteiger partial charge in [0.1, 0.15) is 6.61 Å². The summed E-state index contributed by atoms with van der Waals surface area (Å²) >= 11 is 0. The number of carbonyl (C=O) groups is 2. The molecule has 1 heterocycles. The molecule has 0 fully saturated rings. The number of anilines is 1. The molecule has 1 aliphatic rings. The molecule has 1 atom stereocenters. The molecule has 0 aliphatic carbocycles. The van der Waals surface area contributed by atoms with Gasteiger partial charge in [-0.2, -0.15) is 0 Å². The molecule has 3 N–H and O–H groups in total. The van der Waals surface area contributed by atoms with Gasteiger partial charge in [-0.3, -0.25) is 0 Å². The predicted molar refractivity (Wildman–Crippen MR) is 131 cm³/mol. The lowest BCUT2D eigenvalue weighted by Gasteiger charge is -2.30. The second-order valence-electron chi connectivity index (χ2n) is 8.16. The largest absolute Gasteiger partial charge is 0.462 e. The molecule has 7 heteroatoms. The molecule has 0 saturated heterocycles. The summed E-state index contributed by atoms with van der Waals surface area (Å²) in [5, 5.41) is 3.16. The average molecular weight is 465 g/mol. The van der Waals surface area contributed by atoms with Crippen molar-refractivity contribution in [3.8, 4) is 0 Å². The molecule has 1 unspecified atom stereocenters. The van der Waals surface area contributed by atoms with E-state index in [4.69, 9.17) is 19.9 Å². The fourth-order valence-electron chi connectivity index (χ4n) is 4.07. The molecule has 2 aromatic carbocycles. The molecular weight excluding hydrogens is 432 g/mol. The summed E-state index contributed by atoms with van der Waals surface area (Å²) in [4.78, 5) is 26.3. The average Bonchev–Trinajstić information content (AvgIpc) is 2.82. The second-order valence-corrected chi connectivity index (χ2v) is 8.16. The maximum Gasteiger partial charge on any atom is 0.336 e. The summed E-state index contributed by atoms with van der Waals surface area (Å²) in [5.74, 6) is -1.65. The van der Waals surface area contributed by atoms with Gasteiger partial charge >= 0.3 is 11.9 Å². The topological polar surface area (TPSA) is 99.9 Å². The highest BCUT2D eigenvalue weighted by atomic mass is 16.6. The highest BCUT2D eigenvalue weighted by Crippen LogP contribution is 2.39. The van der Waals surface area contributed by atoms with Crippen molar-refractivity contribution < 1.29 is 23.8 Å². The van der Waals surface area contributed by atoms with Crippen LogP contribution in [-0.4, -0.2) is 38.9 Å². The second kappa shape index (κ2) is 12.0. The van der Waals surface area contributed by atoms with Gasteiger partial charge in [-0.25, -0.2) is 9.59 Å². The first-order valence-electron chi connectivity index (χ1n) is 11.3. The third-order valence-corrected chi connectivity index (χ3v) is 5.65. The molecule has 0 spiro atoms. The van der Waals surface area contributed by atoms with Gasteiger partial charge in [0.15, 0.2) is 0 Å². The number of methoxy groups -OCH3 is 1. The first-order valence-corrected chi connectivity index (χ1v) is 11.3. The molecule has 1 aliphatic heterocycles. The van der Waals surface area contributed by atoms with Gasteiger partial charge in [0.05, 0.1) is 30.3 Å². The van der Waals surface area contributed by atoms with E-state index in [1.165, 1.54) is 12.7 Å². The zero-order chi connectivity index (χ0) is 24.5. The van der Waals surface area contributed by atoms with E-state index in [2.05, 4.69) is 5.32 Å². The smallest absolute Gasteiger partial charge is 0.336 e. The van der Waals surface area contributed by atoms with Crippen molar-refractivity contribution in [1.82, 2.24) is 5.32 Å². The highest BCUT2D eigenvalue weighted by molar-refractivity contribution is 6.00. The molecule has 3 rings (SSSR count). The van der Waals surface area contributed by atoms with Gasteiger partial charge in [0, 0.05) is 24.2 Å². The standard InChI is InChI=1S/C27H32N2O5/c1-18-23(26(30)33-14-8-11-20-9-5-4-6-10-20)25(21-12-7-13-22(28)17-21)24(19(2)29-18)27(31)34-16-15-32-3/h4-7,9-10,12-13,17,25,29H,8,11,14-16,28H2,1-3H3. The molecule has 0 amide bonds. The molecule has 0 bridgehead atoms. The van der Waals surface area contributed by atoms with E-state index in [1.54, 1.807) is 32.0 Å². The van der Waals surface area contributed by atoms with E-state index in [1.807, 2.05) is 36.4 Å². The van der Waals surface area contributed by atoms with Crippen molar-refractivity contribution >= 4 is 17.6 Å². The van der Waals surface area contributed by atoms with Crippen LogP contribution in [0.4, 0.5) is 5.69 Å². The molecule has 34 heavy (non-hydrogen) atoms. The number of dihydropyridines is 1. The Balaban J connectivity index is 1.83. The van der Waals surface area contributed by atoms with Gasteiger partial charge in [-0.15, -0.1) is 0 Å². The van der Waals surface area contributed by atoms with E-state index in [9.17, 15) is 9.59 Å². The van der Waals surface area contributed by atoms with Gasteiger partial charge in [-0.05, 0) is 49.9 Å². The fraction of sp³-hybridized carbons (Fsp3) is 0.333. The first kappa shape index (κ1) is 25.1. The Morgan fingerprint density at radius 1 is 0.882 bits per heavy atom. The van der Waals surface area contributed by atoms with Gasteiger partial charge in [-0.1, -0.05) is 42.5 Å². The predicted octanol–water partition coefficient (Wildman–Crippen LogP) is 3.87. The van der Waals surface area contributed by atoms with Crippen molar-refractivity contribution in [2.75, 3.05) is 32.7 Å². The van der Waals surface area contributed by atoms with Gasteiger partial charge < -0.3 is 25.3 Å². The monoisotopic (exact) mass is 464 g/mol. The van der Waals surface area contributed by atoms with Crippen LogP contribution in [0.1, 0.15) is 37.3 Å². The molecular formula is C27H32N2O5. The SMILES string of the molecule is COCCOC(=O)C1=C(C)NC(C)=C(C(=O)OCCCc2ccccc2)C1c1cccc(N)c1. The van der Waals surface area contributed by atoms with E-state index in [0.717, 1.165) is 12.0 Å². The Bertz CT molecular complexity index is 1080. The number of aryl methyl sites for hydroxylation is 1. The molecule has 7 nitrogen and oxygen atoms in total. The maximum absolute atomic E-state index is 13.3. The highest BCUT2D eigenvalue weighted by Gasteiger charge is 2.38. The number of rotatable bonds is 10. The van der Waals surface area contributed by atoms with Crippen LogP contribution >= 0.6 is 0 Å². The number of nitrogens with one attached hydrogen (secondary N) is 1. The third-order valence-electron chi connectivity index (χ3n) is 5.65. The summed E-state index contributed by atoms with van der Waals surface area (Å²) < 4.78 is 16.1. The number of hydrogen-bond acceptors (Lipinski definition) is 7. The summed E-state index contributed by atoms with van der Waals surface area (Å²) in [6, 6.07) is 17.2. The van der Waals surface area contributed by atoms with E-state index >= 15 is 0 Å². The Morgan fingerprint density at radius 2 is 1.53 bits per heavy atom. The minimum Gasteiger partial charge on any atom is -0.462 e. The van der Waals surface area contributed by atoms with Gasteiger partial charge in [0.25, 0.3) is 0 Å². The number of nitrogen functional groups attached to an aromatic ring is 1. The van der Waals surface area contributed by atoms with Crippen molar-refractivity contribution in [2.45, 2.75) is 32.6 Å². The minimum atomic E-state index is -0.665. The quantitative estimate of drug-likeness (QED) is 0.313. The van der Waals surface area contributed by atoms with E-state index in [-0.39, 0.29) is 19.8 Å². The number of esters is 2. The zero-order valence-electron chi connectivity index (χ0n) is 19.9. The van der Waals surface area contributed by atoms with Crippen molar-refractivity contribution in [3.63, 3.8) is 0 Å². The van der Waals surface area contributed by atoms with Crippen LogP contribution in [-0.2, 0) is 30.2 Å². The number of benzene rings is 2. The molecule has 180 valence electrons. The Morgan fingerprint density at radius 3 is 2.15 bits per heavy atom. The number of hydrogen-bond donors (Lipinski definition) is 2. The summed E-state index contributed by atoms with van der Waals surface area (Å²) in [6.45, 7) is 4.25. The molecule has 0 aromatic heterocycles. The Labute approximate surface area is 200 Å². The molecule has 0 saturated carbocycles. The summed E-state index contributed by atoms with van der Waals surface area (Å²) in [6.07, 6.45) is 1.50. The van der Waals surface area contributed by atoms with Crippen LogP contribution in [0.2, 0.25) is 0 Å². The van der Waals surface area contributed by atoms with Crippen LogP contribution in [0.5, 0.6) is 0 Å². The number of carbonyl (C=O) groups excluding carboxylic acids is 2. The van der Waals surface area contributed by atoms with Crippen LogP contribution in [0.15, 0.2) is 77.1 Å². The van der Waals surface area contributed by atoms with Crippen molar-refractivity contribution in [3.05, 3.63) is 88.3 Å². The van der Waals surface area contributed by atoms with Crippen LogP contribution in [0, 0.1) is 0 Å². The lowest BCUT2D eigenvalue weighted by Crippen LogP contribution is -2.33. The maximum atomic E-state index is 13.3. The van der Waals surface area contributed by atoms with Crippen LogP contribution in [0.25, 0.3) is 0 Å². The Kier molecular flexibility index (Phi) is 8.87. The van der Waals surface area contributed by atoms with E-state index in [0.29, 0.717) is 34.6 Å². The van der Waals surface area contributed by atoms with Crippen molar-refractivity contribution in [1.29, 1.82) is 0 Å². The molecule has 0 radical (unpaired) electrons. The minimum absolute atomic E-state index is 0.109. The number of allylic oxidation sites excluding steroid dienone is 2. The Hall–Kier alpha value is -3.58. The normalized spacial score (nSPS) is 15.7. The first-order chi connectivity index (χ1) is 16.4. The van der Waals surface area contributed by atoms with E-state index < -0.39 is 17.9 Å². The lowest BCUT2D eigenvalue weighted by atomic mass is 9.80. The lowest BCUT2D eigenvalue weighted by molar-refractivity contribution is -0.141. The zero-order valence-corrected chi connectivity index (χ0v) is 19.9. The van der Waals surface area contributed by atoms with Gasteiger partial charge in [0.2, 0.25) is 0 Å². The summed E-state index contributed by atoms with van der Waals surface area (Å²) in [7, 11) is 1.54.